The van der Waals surface area contributed by atoms with Crippen LogP contribution in [0.1, 0.15) is 30.6 Å². The fraction of sp³-hybridized carbons (Fsp3) is 0.538. The molecule has 1 saturated heterocycles. The number of amides is 1. The van der Waals surface area contributed by atoms with Crippen molar-refractivity contribution in [2.45, 2.75) is 20.3 Å². The molecule has 3 nitrogen and oxygen atoms in total. The fourth-order valence-corrected chi connectivity index (χ4v) is 2.55. The molecule has 2 rings (SSSR count). The lowest BCUT2D eigenvalue weighted by Crippen LogP contribution is -2.42. The van der Waals surface area contributed by atoms with Crippen LogP contribution in [0.3, 0.4) is 0 Å². The lowest BCUT2D eigenvalue weighted by molar-refractivity contribution is 0.0622. The Balaban J connectivity index is 2.14. The molecule has 2 heterocycles. The van der Waals surface area contributed by atoms with E-state index in [9.17, 15) is 9.18 Å². The quantitative estimate of drug-likeness (QED) is 0.701. The van der Waals surface area contributed by atoms with Gasteiger partial charge in [0.15, 0.2) is 0 Å². The Hall–Kier alpha value is -1.45. The number of hydrogen-bond acceptors (Lipinski definition) is 2. The summed E-state index contributed by atoms with van der Waals surface area (Å²) in [6.07, 6.45) is 2.48. The van der Waals surface area contributed by atoms with E-state index in [1.807, 2.05) is 4.90 Å². The second-order valence-electron chi connectivity index (χ2n) is 5.02. The largest absolute Gasteiger partial charge is 0.338 e. The molecule has 0 spiro atoms. The third-order valence-electron chi connectivity index (χ3n) is 3.13. The summed E-state index contributed by atoms with van der Waals surface area (Å²) in [6, 6.07) is 2.77. The first kappa shape index (κ1) is 12.0. The Morgan fingerprint density at radius 2 is 2.06 bits per heavy atom. The van der Waals surface area contributed by atoms with Crippen LogP contribution in [0.25, 0.3) is 0 Å². The summed E-state index contributed by atoms with van der Waals surface area (Å²) in [4.78, 5) is 17.4. The maximum Gasteiger partial charge on any atom is 0.254 e. The van der Waals surface area contributed by atoms with Crippen LogP contribution in [-0.4, -0.2) is 28.9 Å². The molecule has 1 aromatic rings. The van der Waals surface area contributed by atoms with Crippen molar-refractivity contribution in [3.8, 4) is 0 Å². The number of halogens is 1. The van der Waals surface area contributed by atoms with Crippen molar-refractivity contribution >= 4 is 5.91 Å². The smallest absolute Gasteiger partial charge is 0.254 e. The summed E-state index contributed by atoms with van der Waals surface area (Å²) in [5, 5.41) is 0. The molecule has 4 heteroatoms. The summed E-state index contributed by atoms with van der Waals surface area (Å²) in [5.74, 6) is 0.322. The lowest BCUT2D eigenvalue weighted by Gasteiger charge is -2.35. The first-order valence-corrected chi connectivity index (χ1v) is 5.97. The van der Waals surface area contributed by atoms with Gasteiger partial charge in [-0.3, -0.25) is 4.79 Å². The van der Waals surface area contributed by atoms with E-state index in [2.05, 4.69) is 18.8 Å². The van der Waals surface area contributed by atoms with Gasteiger partial charge in [-0.15, -0.1) is 0 Å². The van der Waals surface area contributed by atoms with E-state index in [1.54, 1.807) is 6.07 Å². The van der Waals surface area contributed by atoms with Gasteiger partial charge in [0.05, 0.1) is 0 Å². The molecule has 0 aromatic carbocycles. The van der Waals surface area contributed by atoms with Gasteiger partial charge >= 0.3 is 0 Å². The van der Waals surface area contributed by atoms with Crippen LogP contribution in [0.15, 0.2) is 18.3 Å². The topological polar surface area (TPSA) is 33.2 Å². The molecular weight excluding hydrogens is 219 g/mol. The molecule has 1 amide bonds. The van der Waals surface area contributed by atoms with E-state index < -0.39 is 5.95 Å². The molecule has 17 heavy (non-hydrogen) atoms. The zero-order valence-electron chi connectivity index (χ0n) is 10.2. The monoisotopic (exact) mass is 236 g/mol. The Morgan fingerprint density at radius 1 is 1.41 bits per heavy atom. The number of nitrogens with zero attached hydrogens (tertiary/aromatic N) is 2. The Morgan fingerprint density at radius 3 is 2.65 bits per heavy atom. The summed E-state index contributed by atoms with van der Waals surface area (Å²) in [6.45, 7) is 5.80. The second kappa shape index (κ2) is 4.82. The molecule has 0 N–H and O–H groups in total. The molecule has 0 saturated carbocycles. The zero-order valence-corrected chi connectivity index (χ0v) is 10.2. The summed E-state index contributed by atoms with van der Waals surface area (Å²) in [5.41, 5.74) is 0.388. The third-order valence-corrected chi connectivity index (χ3v) is 3.13. The number of carbonyl (C=O) groups excluding carboxylic acids is 1. The Kier molecular flexibility index (Phi) is 3.41. The predicted molar refractivity (Wildman–Crippen MR) is 63.0 cm³/mol. The molecule has 2 unspecified atom stereocenters. The van der Waals surface area contributed by atoms with Gasteiger partial charge in [-0.1, -0.05) is 13.8 Å². The number of hydrogen-bond donors (Lipinski definition) is 0. The first-order chi connectivity index (χ1) is 8.06. The van der Waals surface area contributed by atoms with E-state index in [1.165, 1.54) is 12.3 Å². The van der Waals surface area contributed by atoms with Crippen LogP contribution in [0.4, 0.5) is 4.39 Å². The SMILES string of the molecule is CC1CC(C)CN(C(=O)c2ccnc(F)c2)C1. The van der Waals surface area contributed by atoms with Crippen LogP contribution in [0.5, 0.6) is 0 Å². The van der Waals surface area contributed by atoms with Crippen LogP contribution in [-0.2, 0) is 0 Å². The third kappa shape index (κ3) is 2.81. The standard InChI is InChI=1S/C13H17FN2O/c1-9-5-10(2)8-16(7-9)13(17)11-3-4-15-12(14)6-11/h3-4,6,9-10H,5,7-8H2,1-2H3. The number of carbonyl (C=O) groups is 1. The number of aromatic nitrogens is 1. The Bertz CT molecular complexity index is 412. The molecule has 92 valence electrons. The maximum atomic E-state index is 13.0. The molecule has 0 aliphatic carbocycles. The fourth-order valence-electron chi connectivity index (χ4n) is 2.55. The van der Waals surface area contributed by atoms with Gasteiger partial charge in [-0.25, -0.2) is 4.98 Å². The van der Waals surface area contributed by atoms with Gasteiger partial charge in [0.1, 0.15) is 0 Å². The van der Waals surface area contributed by atoms with Crippen molar-refractivity contribution in [1.82, 2.24) is 9.88 Å². The van der Waals surface area contributed by atoms with Crippen LogP contribution < -0.4 is 0 Å². The van der Waals surface area contributed by atoms with Gasteiger partial charge in [-0.2, -0.15) is 4.39 Å². The van der Waals surface area contributed by atoms with Gasteiger partial charge in [-0.05, 0) is 24.3 Å². The molecule has 0 radical (unpaired) electrons. The molecular formula is C13H17FN2O. The van der Waals surface area contributed by atoms with E-state index in [0.717, 1.165) is 19.5 Å². The van der Waals surface area contributed by atoms with Gasteiger partial charge in [0, 0.05) is 30.9 Å². The number of piperidine rings is 1. The molecule has 1 aliphatic rings. The first-order valence-electron chi connectivity index (χ1n) is 5.97. The highest BCUT2D eigenvalue weighted by molar-refractivity contribution is 5.94. The summed E-state index contributed by atoms with van der Waals surface area (Å²) < 4.78 is 13.0. The van der Waals surface area contributed by atoms with Gasteiger partial charge < -0.3 is 4.90 Å². The average Bonchev–Trinajstić information content (AvgIpc) is 2.26. The molecule has 1 aliphatic heterocycles. The minimum absolute atomic E-state index is 0.0929. The van der Waals surface area contributed by atoms with Crippen molar-refractivity contribution < 1.29 is 9.18 Å². The normalized spacial score (nSPS) is 24.8. The molecule has 1 fully saturated rings. The zero-order chi connectivity index (χ0) is 12.4. The van der Waals surface area contributed by atoms with Crippen LogP contribution in [0, 0.1) is 17.8 Å². The van der Waals surface area contributed by atoms with Gasteiger partial charge in [0.25, 0.3) is 5.91 Å². The number of likely N-dealkylation sites (tertiary alicyclic amines) is 1. The van der Waals surface area contributed by atoms with Crippen LogP contribution >= 0.6 is 0 Å². The molecule has 1 aromatic heterocycles. The van der Waals surface area contributed by atoms with Gasteiger partial charge in [0.2, 0.25) is 5.95 Å². The number of rotatable bonds is 1. The highest BCUT2D eigenvalue weighted by Gasteiger charge is 2.26. The Labute approximate surface area is 101 Å². The van der Waals surface area contributed by atoms with Crippen molar-refractivity contribution in [1.29, 1.82) is 0 Å². The predicted octanol–water partition coefficient (Wildman–Crippen LogP) is 2.34. The maximum absolute atomic E-state index is 13.0. The number of pyridine rings is 1. The van der Waals surface area contributed by atoms with Crippen LogP contribution in [0.2, 0.25) is 0 Å². The molecule has 2 atom stereocenters. The average molecular weight is 236 g/mol. The highest BCUT2D eigenvalue weighted by Crippen LogP contribution is 2.22. The van der Waals surface area contributed by atoms with E-state index >= 15 is 0 Å². The molecule has 0 bridgehead atoms. The van der Waals surface area contributed by atoms with Crippen molar-refractivity contribution in [3.05, 3.63) is 29.8 Å². The summed E-state index contributed by atoms with van der Waals surface area (Å²) >= 11 is 0. The van der Waals surface area contributed by atoms with E-state index in [4.69, 9.17) is 0 Å². The lowest BCUT2D eigenvalue weighted by atomic mass is 9.91. The highest BCUT2D eigenvalue weighted by atomic mass is 19.1. The summed E-state index contributed by atoms with van der Waals surface area (Å²) in [7, 11) is 0. The minimum Gasteiger partial charge on any atom is -0.338 e. The second-order valence-corrected chi connectivity index (χ2v) is 5.02. The van der Waals surface area contributed by atoms with Crippen molar-refractivity contribution in [2.75, 3.05) is 13.1 Å². The van der Waals surface area contributed by atoms with Crippen molar-refractivity contribution in [3.63, 3.8) is 0 Å². The van der Waals surface area contributed by atoms with Crippen molar-refractivity contribution in [2.24, 2.45) is 11.8 Å². The van der Waals surface area contributed by atoms with E-state index in [0.29, 0.717) is 17.4 Å². The minimum atomic E-state index is -0.603. The van der Waals surface area contributed by atoms with E-state index in [-0.39, 0.29) is 5.91 Å².